The van der Waals surface area contributed by atoms with Gasteiger partial charge in [-0.25, -0.2) is 4.79 Å². The Labute approximate surface area is 372 Å². The van der Waals surface area contributed by atoms with Crippen molar-refractivity contribution in [1.29, 1.82) is 0 Å². The quantitative estimate of drug-likeness (QED) is 0.0343. The van der Waals surface area contributed by atoms with Gasteiger partial charge in [-0.05, 0) is 115 Å². The molecule has 1 aliphatic heterocycles. The maximum atomic E-state index is 13.5. The Bertz CT molecular complexity index is 1920. The number of carboxylic acid groups (broad SMARTS) is 1. The predicted octanol–water partition coefficient (Wildman–Crippen LogP) is 4.87. The molecule has 63 heavy (non-hydrogen) atoms. The highest BCUT2D eigenvalue weighted by Crippen LogP contribution is 2.70. The van der Waals surface area contributed by atoms with Crippen LogP contribution in [0.25, 0.3) is 11.1 Å². The number of aliphatic carboxylic acids is 1. The minimum Gasteiger partial charge on any atom is -0.691 e. The van der Waals surface area contributed by atoms with E-state index in [9.17, 15) is 40.2 Å². The van der Waals surface area contributed by atoms with E-state index >= 15 is 0 Å². The van der Waals surface area contributed by atoms with Gasteiger partial charge in [-0.3, -0.25) is 28.0 Å². The molecule has 346 valence electrons. The van der Waals surface area contributed by atoms with Crippen LogP contribution in [0, 0.1) is 40.4 Å². The Balaban J connectivity index is 1.19. The first-order chi connectivity index (χ1) is 30.2. The molecule has 1 heterocycles. The molecule has 2 aromatic carbocycles. The molecule has 1 saturated heterocycles. The van der Waals surface area contributed by atoms with E-state index < -0.39 is 84.2 Å². The Morgan fingerprint density at radius 2 is 1.57 bits per heavy atom. The molecule has 5 fully saturated rings. The van der Waals surface area contributed by atoms with E-state index in [0.29, 0.717) is 19.3 Å². The summed E-state index contributed by atoms with van der Waals surface area (Å²) in [6, 6.07) is 13.0. The Kier molecular flexibility index (Phi) is 15.4. The zero-order valence-electron chi connectivity index (χ0n) is 34.9. The summed E-state index contributed by atoms with van der Waals surface area (Å²) in [5.74, 6) is -3.36. The first-order valence-corrected chi connectivity index (χ1v) is 22.3. The molecule has 2 aromatic rings. The standard InChI is InChI=1S/C43H54O18S2/c1-22(2)17-34(45)55-37-36(57-63-61-59-51)35(56-62-60-58-50)32(21-52-40(49)26-7-5-24(6-8-26)25-9-12-28(44)13-10-25)54-41(37)53-29-18-30(39(47)48)31-15-16-43-19-27(23(3)38(43)46)11-14-33(43)42(31,4)20-29/h5-10,12-13,22,27,29-33,35-38,41,44,46,50-51H,3,11,14-21H2,1-2,4H3,(H,47,48)/p-2/t27?,29?,30?,31?,32-,33?,35-,36-,37?,38+,41+,42?,43?/m1/s1. The normalized spacial score (nSPS) is 34.8. The molecule has 2 bridgehead atoms. The average Bonchev–Trinajstić information content (AvgIpc) is 3.42. The van der Waals surface area contributed by atoms with Crippen molar-refractivity contribution in [2.24, 2.45) is 40.4 Å². The van der Waals surface area contributed by atoms with Crippen LogP contribution in [-0.4, -0.2) is 82.7 Å². The molecular formula is C43H52O18S2-2. The van der Waals surface area contributed by atoms with Crippen LogP contribution < -0.4 is 10.5 Å². The molecule has 18 nitrogen and oxygen atoms in total. The van der Waals surface area contributed by atoms with Crippen molar-refractivity contribution >= 4 is 42.6 Å². The first kappa shape index (κ1) is 47.6. The summed E-state index contributed by atoms with van der Waals surface area (Å²) in [5.41, 5.74) is 1.53. The van der Waals surface area contributed by atoms with Gasteiger partial charge in [-0.1, -0.05) is 51.6 Å². The van der Waals surface area contributed by atoms with E-state index in [-0.39, 0.29) is 72.5 Å². The number of esters is 2. The van der Waals surface area contributed by atoms with Crippen LogP contribution in [0.5, 0.6) is 5.75 Å². The second-order valence-electron chi connectivity index (χ2n) is 17.9. The molecule has 0 aromatic heterocycles. The van der Waals surface area contributed by atoms with E-state index in [2.05, 4.69) is 32.2 Å². The molecule has 4 saturated carbocycles. The minimum absolute atomic E-state index is 0.0356. The number of aliphatic hydroxyl groups is 1. The van der Waals surface area contributed by atoms with Gasteiger partial charge in [0.15, 0.2) is 37.0 Å². The summed E-state index contributed by atoms with van der Waals surface area (Å²) in [5, 5.41) is 60.7. The highest BCUT2D eigenvalue weighted by atomic mass is 32.2. The first-order valence-electron chi connectivity index (χ1n) is 20.9. The number of carbonyl (C=O) groups excluding carboxylic acids is 2. The summed E-state index contributed by atoms with van der Waals surface area (Å²) >= 11 is 0.136. The molecular weight excluding hydrogens is 869 g/mol. The predicted molar refractivity (Wildman–Crippen MR) is 216 cm³/mol. The summed E-state index contributed by atoms with van der Waals surface area (Å²) in [4.78, 5) is 40.0. The van der Waals surface area contributed by atoms with Crippen molar-refractivity contribution in [1.82, 2.24) is 0 Å². The number of phenolic OH excluding ortho intramolecular Hbond substituents is 1. The topological polar surface area (TPSA) is 250 Å². The highest BCUT2D eigenvalue weighted by molar-refractivity contribution is 7.90. The molecule has 0 amide bonds. The van der Waals surface area contributed by atoms with E-state index in [0.717, 1.165) is 36.0 Å². The minimum atomic E-state index is -1.53. The Morgan fingerprint density at radius 1 is 0.921 bits per heavy atom. The highest BCUT2D eigenvalue weighted by Gasteiger charge is 2.67. The van der Waals surface area contributed by atoms with Crippen molar-refractivity contribution in [3.63, 3.8) is 0 Å². The lowest BCUT2D eigenvalue weighted by molar-refractivity contribution is -0.778. The maximum Gasteiger partial charge on any atom is 0.338 e. The lowest BCUT2D eigenvalue weighted by atomic mass is 9.43. The average molecular weight is 921 g/mol. The van der Waals surface area contributed by atoms with E-state index in [1.165, 1.54) is 0 Å². The van der Waals surface area contributed by atoms with Crippen LogP contribution in [0.15, 0.2) is 60.7 Å². The summed E-state index contributed by atoms with van der Waals surface area (Å²) in [6.45, 7) is 9.40. The number of carbonyl (C=O) groups is 3. The van der Waals surface area contributed by atoms with Gasteiger partial charge >= 0.3 is 17.9 Å². The lowest BCUT2D eigenvalue weighted by Crippen LogP contribution is -2.63. The lowest BCUT2D eigenvalue weighted by Gasteiger charge is -2.62. The molecule has 20 heteroatoms. The van der Waals surface area contributed by atoms with Crippen LogP contribution >= 0.6 is 24.6 Å². The Morgan fingerprint density at radius 3 is 2.21 bits per heavy atom. The summed E-state index contributed by atoms with van der Waals surface area (Å²) in [7, 11) is 0. The number of hydrogen-bond acceptors (Lipinski definition) is 19. The third-order valence-electron chi connectivity index (χ3n) is 14.0. The van der Waals surface area contributed by atoms with Gasteiger partial charge in [0.25, 0.3) is 0 Å². The number of carboxylic acids is 1. The van der Waals surface area contributed by atoms with Crippen molar-refractivity contribution in [3.05, 3.63) is 66.2 Å². The largest absolute Gasteiger partial charge is 0.691 e. The van der Waals surface area contributed by atoms with Crippen LogP contribution in [0.1, 0.15) is 82.5 Å². The number of hydrogen-bond donors (Lipinski definition) is 3. The molecule has 13 atom stereocenters. The molecule has 3 N–H and O–H groups in total. The van der Waals surface area contributed by atoms with Crippen LogP contribution in [0.4, 0.5) is 0 Å². The van der Waals surface area contributed by atoms with E-state index in [4.69, 9.17) is 27.3 Å². The van der Waals surface area contributed by atoms with Gasteiger partial charge in [0.05, 0.1) is 23.7 Å². The number of benzene rings is 2. The zero-order valence-corrected chi connectivity index (χ0v) is 36.5. The summed E-state index contributed by atoms with van der Waals surface area (Å²) < 4.78 is 45.3. The molecule has 7 rings (SSSR count). The van der Waals surface area contributed by atoms with Crippen molar-refractivity contribution < 1.29 is 86.3 Å². The number of phenols is 1. The van der Waals surface area contributed by atoms with Gasteiger partial charge in [0.2, 0.25) is 0 Å². The van der Waals surface area contributed by atoms with Crippen molar-refractivity contribution in [3.8, 4) is 16.9 Å². The van der Waals surface area contributed by atoms with Gasteiger partial charge in [0, 0.05) is 11.8 Å². The maximum absolute atomic E-state index is 13.5. The molecule has 4 aliphatic carbocycles. The van der Waals surface area contributed by atoms with Crippen LogP contribution in [-0.2, 0) is 55.6 Å². The third kappa shape index (κ3) is 10.1. The SMILES string of the molecule is C=C1C2CCC3C4(C)CC(O[C@H]5O[C@H](COC(=O)c6ccc(-c7ccc(O)cc7)cc6)[C@@H](OSOO[O-])[C@@H](OSOO[O-])C5OC(=O)CC(C)C)CC(C(=O)O)C4CCC3(C2)[C@H]1O. The van der Waals surface area contributed by atoms with E-state index in [1.807, 2.05) is 0 Å². The summed E-state index contributed by atoms with van der Waals surface area (Å²) in [6.07, 6.45) is -4.70. The zero-order chi connectivity index (χ0) is 45.1. The third-order valence-corrected chi connectivity index (χ3v) is 14.8. The van der Waals surface area contributed by atoms with E-state index in [1.54, 1.807) is 62.4 Å². The number of aromatic hydroxyl groups is 1. The van der Waals surface area contributed by atoms with Gasteiger partial charge in [-0.15, -0.1) is 8.67 Å². The number of rotatable bonds is 18. The smallest absolute Gasteiger partial charge is 0.338 e. The number of fused-ring (bicyclic) bond motifs is 3. The second-order valence-corrected chi connectivity index (χ2v) is 18.8. The fourth-order valence-corrected chi connectivity index (χ4v) is 12.1. The van der Waals surface area contributed by atoms with Crippen molar-refractivity contribution in [2.45, 2.75) is 115 Å². The van der Waals surface area contributed by atoms with Gasteiger partial charge in [0.1, 0.15) is 30.7 Å². The van der Waals surface area contributed by atoms with Crippen LogP contribution in [0.3, 0.4) is 0 Å². The molecule has 8 unspecified atom stereocenters. The van der Waals surface area contributed by atoms with Gasteiger partial charge in [-0.2, -0.15) is 0 Å². The fraction of sp³-hybridized carbons (Fsp3) is 0.605. The number of ether oxygens (including phenoxy) is 4. The van der Waals surface area contributed by atoms with Crippen LogP contribution in [0.2, 0.25) is 0 Å². The van der Waals surface area contributed by atoms with Crippen molar-refractivity contribution in [2.75, 3.05) is 6.61 Å². The second kappa shape index (κ2) is 20.4. The Hall–Kier alpha value is -3.35. The molecule has 5 aliphatic rings. The molecule has 0 radical (unpaired) electrons. The van der Waals surface area contributed by atoms with Gasteiger partial charge < -0.3 is 44.8 Å². The fourth-order valence-electron chi connectivity index (χ4n) is 11.4. The molecule has 1 spiro atoms. The monoisotopic (exact) mass is 920 g/mol. The number of aliphatic hydroxyl groups excluding tert-OH is 1.